The zero-order chi connectivity index (χ0) is 15.7. The number of rotatable bonds is 3. The van der Waals surface area contributed by atoms with Crippen molar-refractivity contribution < 1.29 is 14.4 Å². The van der Waals surface area contributed by atoms with Crippen molar-refractivity contribution >= 4 is 23.5 Å². The number of amides is 3. The standard InChI is InChI=1S/C16H13N3O3/c1-10(14(20)18-13-8-4-5-9-17-13)19-15(21)11-6-2-3-7-12(11)16(19)22/h2-10H,1H3,(H,17,18,20)/t10-/m1/s1. The number of hydrogen-bond acceptors (Lipinski definition) is 4. The highest BCUT2D eigenvalue weighted by Crippen LogP contribution is 2.24. The second-order valence-corrected chi connectivity index (χ2v) is 4.91. The molecule has 0 unspecified atom stereocenters. The minimum absolute atomic E-state index is 0.324. The number of imide groups is 1. The quantitative estimate of drug-likeness (QED) is 0.874. The zero-order valence-electron chi connectivity index (χ0n) is 11.8. The molecule has 6 heteroatoms. The van der Waals surface area contributed by atoms with E-state index in [-0.39, 0.29) is 0 Å². The molecule has 0 fully saturated rings. The summed E-state index contributed by atoms with van der Waals surface area (Å²) in [6.45, 7) is 1.51. The van der Waals surface area contributed by atoms with Gasteiger partial charge in [0.15, 0.2) is 0 Å². The Labute approximate surface area is 126 Å². The van der Waals surface area contributed by atoms with Gasteiger partial charge in [0, 0.05) is 6.20 Å². The maximum absolute atomic E-state index is 12.3. The number of hydrogen-bond donors (Lipinski definition) is 1. The van der Waals surface area contributed by atoms with Gasteiger partial charge >= 0.3 is 0 Å². The van der Waals surface area contributed by atoms with Crippen LogP contribution >= 0.6 is 0 Å². The molecular weight excluding hydrogens is 282 g/mol. The topological polar surface area (TPSA) is 79.4 Å². The molecule has 6 nitrogen and oxygen atoms in total. The van der Waals surface area contributed by atoms with E-state index in [1.807, 2.05) is 0 Å². The minimum atomic E-state index is -0.922. The summed E-state index contributed by atoms with van der Waals surface area (Å²) >= 11 is 0. The highest BCUT2D eigenvalue weighted by Gasteiger charge is 2.40. The van der Waals surface area contributed by atoms with Gasteiger partial charge < -0.3 is 5.32 Å². The second kappa shape index (κ2) is 5.40. The van der Waals surface area contributed by atoms with Crippen LogP contribution in [0.2, 0.25) is 0 Å². The van der Waals surface area contributed by atoms with Crippen LogP contribution < -0.4 is 5.32 Å². The van der Waals surface area contributed by atoms with Crippen LogP contribution in [0.15, 0.2) is 48.7 Å². The largest absolute Gasteiger partial charge is 0.309 e. The number of carbonyl (C=O) groups is 3. The van der Waals surface area contributed by atoms with Gasteiger partial charge in [-0.1, -0.05) is 18.2 Å². The van der Waals surface area contributed by atoms with Crippen molar-refractivity contribution in [3.8, 4) is 0 Å². The summed E-state index contributed by atoms with van der Waals surface area (Å²) < 4.78 is 0. The van der Waals surface area contributed by atoms with Crippen molar-refractivity contribution in [1.29, 1.82) is 0 Å². The van der Waals surface area contributed by atoms with Crippen molar-refractivity contribution in [3.05, 3.63) is 59.8 Å². The molecule has 1 N–H and O–H groups in total. The number of nitrogens with one attached hydrogen (secondary N) is 1. The minimum Gasteiger partial charge on any atom is -0.309 e. The van der Waals surface area contributed by atoms with Gasteiger partial charge in [-0.2, -0.15) is 0 Å². The van der Waals surface area contributed by atoms with Crippen molar-refractivity contribution in [3.63, 3.8) is 0 Å². The number of aromatic nitrogens is 1. The van der Waals surface area contributed by atoms with Gasteiger partial charge in [0.05, 0.1) is 11.1 Å². The van der Waals surface area contributed by atoms with E-state index in [0.717, 1.165) is 4.90 Å². The van der Waals surface area contributed by atoms with Gasteiger partial charge in [0.25, 0.3) is 11.8 Å². The summed E-state index contributed by atoms with van der Waals surface area (Å²) in [5.41, 5.74) is 0.648. The molecule has 0 saturated carbocycles. The van der Waals surface area contributed by atoms with Crippen LogP contribution in [-0.2, 0) is 4.79 Å². The third-order valence-corrected chi connectivity index (χ3v) is 3.51. The lowest BCUT2D eigenvalue weighted by Gasteiger charge is -2.21. The number of pyridine rings is 1. The normalized spacial score (nSPS) is 14.7. The highest BCUT2D eigenvalue weighted by atomic mass is 16.2. The fourth-order valence-electron chi connectivity index (χ4n) is 2.34. The first-order chi connectivity index (χ1) is 10.6. The molecule has 1 atom stereocenters. The fourth-order valence-corrected chi connectivity index (χ4v) is 2.34. The van der Waals surface area contributed by atoms with Crippen molar-refractivity contribution in [1.82, 2.24) is 9.88 Å². The molecule has 1 aliphatic rings. The first-order valence-corrected chi connectivity index (χ1v) is 6.78. The van der Waals surface area contributed by atoms with E-state index < -0.39 is 23.8 Å². The Morgan fingerprint density at radius 3 is 2.18 bits per heavy atom. The Morgan fingerprint density at radius 2 is 1.64 bits per heavy atom. The molecule has 2 heterocycles. The molecule has 0 spiro atoms. The maximum Gasteiger partial charge on any atom is 0.262 e. The Morgan fingerprint density at radius 1 is 1.05 bits per heavy atom. The van der Waals surface area contributed by atoms with E-state index in [2.05, 4.69) is 10.3 Å². The summed E-state index contributed by atoms with van der Waals surface area (Å²) in [7, 11) is 0. The number of nitrogens with zero attached hydrogens (tertiary/aromatic N) is 2. The molecule has 0 saturated heterocycles. The predicted molar refractivity (Wildman–Crippen MR) is 79.3 cm³/mol. The summed E-state index contributed by atoms with van der Waals surface area (Å²) in [6.07, 6.45) is 1.54. The Balaban J connectivity index is 1.81. The smallest absolute Gasteiger partial charge is 0.262 e. The van der Waals surface area contributed by atoms with Crippen molar-refractivity contribution in [2.24, 2.45) is 0 Å². The number of fused-ring (bicyclic) bond motifs is 1. The molecule has 1 aromatic carbocycles. The van der Waals surface area contributed by atoms with E-state index in [4.69, 9.17) is 0 Å². The van der Waals surface area contributed by atoms with Crippen LogP contribution in [0.4, 0.5) is 5.82 Å². The van der Waals surface area contributed by atoms with Crippen molar-refractivity contribution in [2.45, 2.75) is 13.0 Å². The summed E-state index contributed by atoms with van der Waals surface area (Å²) in [4.78, 5) is 41.8. The number of anilines is 1. The third-order valence-electron chi connectivity index (χ3n) is 3.51. The predicted octanol–water partition coefficient (Wildman–Crippen LogP) is 1.70. The molecule has 22 heavy (non-hydrogen) atoms. The lowest BCUT2D eigenvalue weighted by atomic mass is 10.1. The van der Waals surface area contributed by atoms with Gasteiger partial charge in [0.2, 0.25) is 5.91 Å². The molecule has 3 rings (SSSR count). The Bertz CT molecular complexity index is 723. The summed E-state index contributed by atoms with van der Waals surface area (Å²) in [5.74, 6) is -1.00. The van der Waals surface area contributed by atoms with E-state index in [1.165, 1.54) is 6.92 Å². The average molecular weight is 295 g/mol. The SMILES string of the molecule is C[C@H](C(=O)Nc1ccccn1)N1C(=O)c2ccccc2C1=O. The van der Waals surface area contributed by atoms with E-state index in [1.54, 1.807) is 48.7 Å². The van der Waals surface area contributed by atoms with Crippen LogP contribution in [0.3, 0.4) is 0 Å². The van der Waals surface area contributed by atoms with Gasteiger partial charge in [-0.05, 0) is 31.2 Å². The lowest BCUT2D eigenvalue weighted by molar-refractivity contribution is -0.119. The molecule has 0 aliphatic carbocycles. The fraction of sp³-hybridized carbons (Fsp3) is 0.125. The third kappa shape index (κ3) is 2.24. The number of benzene rings is 1. The van der Waals surface area contributed by atoms with E-state index in [9.17, 15) is 14.4 Å². The molecule has 110 valence electrons. The van der Waals surface area contributed by atoms with Crippen molar-refractivity contribution in [2.75, 3.05) is 5.32 Å². The zero-order valence-corrected chi connectivity index (χ0v) is 11.8. The highest BCUT2D eigenvalue weighted by molar-refractivity contribution is 6.23. The molecule has 2 aromatic rings. The van der Waals surface area contributed by atoms with Gasteiger partial charge in [-0.25, -0.2) is 4.98 Å². The Kier molecular flexibility index (Phi) is 3.42. The van der Waals surface area contributed by atoms with Crippen LogP contribution in [-0.4, -0.2) is 33.6 Å². The molecule has 1 aliphatic heterocycles. The van der Waals surface area contributed by atoms with Gasteiger partial charge in [0.1, 0.15) is 11.9 Å². The van der Waals surface area contributed by atoms with Gasteiger partial charge in [-0.3, -0.25) is 19.3 Å². The summed E-state index contributed by atoms with van der Waals surface area (Å²) in [6, 6.07) is 10.7. The van der Waals surface area contributed by atoms with Gasteiger partial charge in [-0.15, -0.1) is 0 Å². The summed E-state index contributed by atoms with van der Waals surface area (Å²) in [5, 5.41) is 2.59. The molecular formula is C16H13N3O3. The molecule has 0 bridgehead atoms. The molecule has 3 amide bonds. The number of carbonyl (C=O) groups excluding carboxylic acids is 3. The van der Waals surface area contributed by atoms with Crippen LogP contribution in [0.1, 0.15) is 27.6 Å². The second-order valence-electron chi connectivity index (χ2n) is 4.91. The molecule has 0 radical (unpaired) electrons. The van der Waals surface area contributed by atoms with Crippen LogP contribution in [0, 0.1) is 0 Å². The average Bonchev–Trinajstić information content (AvgIpc) is 2.79. The monoisotopic (exact) mass is 295 g/mol. The maximum atomic E-state index is 12.3. The lowest BCUT2D eigenvalue weighted by Crippen LogP contribution is -2.45. The molecule has 1 aromatic heterocycles. The van der Waals surface area contributed by atoms with E-state index in [0.29, 0.717) is 16.9 Å². The first-order valence-electron chi connectivity index (χ1n) is 6.78. The van der Waals surface area contributed by atoms with E-state index >= 15 is 0 Å². The Hall–Kier alpha value is -3.02. The first kappa shape index (κ1) is 13.9. The van der Waals surface area contributed by atoms with Crippen LogP contribution in [0.5, 0.6) is 0 Å². The van der Waals surface area contributed by atoms with Crippen LogP contribution in [0.25, 0.3) is 0 Å².